The fraction of sp³-hybridized carbons (Fsp3) is 0.476. The molecule has 1 fully saturated rings. The predicted molar refractivity (Wildman–Crippen MR) is 110 cm³/mol. The Morgan fingerprint density at radius 1 is 1.26 bits per heavy atom. The van der Waals surface area contributed by atoms with E-state index in [1.807, 2.05) is 12.1 Å². The van der Waals surface area contributed by atoms with E-state index in [0.717, 1.165) is 38.2 Å². The number of anilines is 3. The van der Waals surface area contributed by atoms with E-state index >= 15 is 0 Å². The number of benzene rings is 1. The summed E-state index contributed by atoms with van der Waals surface area (Å²) in [6.07, 6.45) is 4.57. The lowest BCUT2D eigenvalue weighted by atomic mass is 9.67. The summed E-state index contributed by atoms with van der Waals surface area (Å²) in [7, 11) is 1.80. The van der Waals surface area contributed by atoms with E-state index in [-0.39, 0.29) is 0 Å². The highest BCUT2D eigenvalue weighted by molar-refractivity contribution is 5.91. The number of ketones is 1. The maximum atomic E-state index is 13.2. The molecule has 27 heavy (non-hydrogen) atoms. The molecule has 0 radical (unpaired) electrons. The highest BCUT2D eigenvalue weighted by Crippen LogP contribution is 2.41. The van der Waals surface area contributed by atoms with E-state index in [1.54, 1.807) is 7.05 Å². The second-order valence-electron chi connectivity index (χ2n) is 7.27. The van der Waals surface area contributed by atoms with Gasteiger partial charge in [0.2, 0.25) is 0 Å². The Bertz CT molecular complexity index is 812. The number of carbonyl (C=O) groups excluding carboxylic acids is 1. The Morgan fingerprint density at radius 3 is 2.59 bits per heavy atom. The number of nitrogens with zero attached hydrogens (tertiary/aromatic N) is 3. The molecule has 0 spiro atoms. The van der Waals surface area contributed by atoms with Gasteiger partial charge < -0.3 is 16.0 Å². The fourth-order valence-electron chi connectivity index (χ4n) is 4.21. The quantitative estimate of drug-likeness (QED) is 0.815. The molecule has 0 saturated carbocycles. The zero-order valence-corrected chi connectivity index (χ0v) is 16.5. The standard InChI is InChI=1S/C21H29N5O/c1-4-7-17(27)21(16-9-6-5-8-15(16)2)10-12-26(13-11-21)20-18(22)19(23-3)24-14-25-20/h5-6,8-9,14H,4,7,10-13,22H2,1-3H3,(H,23,24,25). The van der Waals surface area contributed by atoms with E-state index < -0.39 is 5.41 Å². The van der Waals surface area contributed by atoms with Crippen LogP contribution < -0.4 is 16.0 Å². The average molecular weight is 367 g/mol. The number of rotatable bonds is 6. The predicted octanol–water partition coefficient (Wildman–Crippen LogP) is 3.32. The van der Waals surface area contributed by atoms with Crippen molar-refractivity contribution in [2.24, 2.45) is 0 Å². The third kappa shape index (κ3) is 3.48. The summed E-state index contributed by atoms with van der Waals surface area (Å²) in [6.45, 7) is 5.66. The summed E-state index contributed by atoms with van der Waals surface area (Å²) >= 11 is 0. The largest absolute Gasteiger partial charge is 0.393 e. The van der Waals surface area contributed by atoms with Gasteiger partial charge >= 0.3 is 0 Å². The lowest BCUT2D eigenvalue weighted by Crippen LogP contribution is -2.48. The van der Waals surface area contributed by atoms with Crippen molar-refractivity contribution in [2.75, 3.05) is 36.1 Å². The monoisotopic (exact) mass is 367 g/mol. The first-order chi connectivity index (χ1) is 13.0. The Kier molecular flexibility index (Phi) is 5.63. The maximum absolute atomic E-state index is 13.2. The first-order valence-corrected chi connectivity index (χ1v) is 9.66. The van der Waals surface area contributed by atoms with Crippen LogP contribution >= 0.6 is 0 Å². The molecule has 2 heterocycles. The lowest BCUT2D eigenvalue weighted by Gasteiger charge is -2.42. The third-order valence-electron chi connectivity index (χ3n) is 5.69. The van der Waals surface area contributed by atoms with Crippen molar-refractivity contribution in [3.63, 3.8) is 0 Å². The molecule has 3 rings (SSSR count). The van der Waals surface area contributed by atoms with Gasteiger partial charge in [0.1, 0.15) is 17.8 Å². The van der Waals surface area contributed by atoms with Crippen LogP contribution in [0.15, 0.2) is 30.6 Å². The van der Waals surface area contributed by atoms with Crippen LogP contribution in [-0.4, -0.2) is 35.9 Å². The van der Waals surface area contributed by atoms with Gasteiger partial charge in [-0.15, -0.1) is 0 Å². The molecule has 0 amide bonds. The van der Waals surface area contributed by atoms with Gasteiger partial charge in [-0.1, -0.05) is 31.2 Å². The highest BCUT2D eigenvalue weighted by Gasteiger charge is 2.43. The Morgan fingerprint density at radius 2 is 1.96 bits per heavy atom. The number of hydrogen-bond donors (Lipinski definition) is 2. The number of aryl methyl sites for hydroxylation is 1. The topological polar surface area (TPSA) is 84.1 Å². The Balaban J connectivity index is 1.91. The van der Waals surface area contributed by atoms with Crippen LogP contribution in [0.2, 0.25) is 0 Å². The van der Waals surface area contributed by atoms with Crippen molar-refractivity contribution in [1.29, 1.82) is 0 Å². The van der Waals surface area contributed by atoms with Crippen LogP contribution in [0.3, 0.4) is 0 Å². The zero-order chi connectivity index (χ0) is 19.4. The molecule has 1 aromatic heterocycles. The Hall–Kier alpha value is -2.63. The van der Waals surface area contributed by atoms with E-state index in [1.165, 1.54) is 17.5 Å². The summed E-state index contributed by atoms with van der Waals surface area (Å²) in [5, 5.41) is 3.00. The molecule has 0 bridgehead atoms. The van der Waals surface area contributed by atoms with Crippen molar-refractivity contribution in [1.82, 2.24) is 9.97 Å². The molecular weight excluding hydrogens is 338 g/mol. The van der Waals surface area contributed by atoms with E-state index in [4.69, 9.17) is 5.73 Å². The van der Waals surface area contributed by atoms with Gasteiger partial charge in [0.25, 0.3) is 0 Å². The van der Waals surface area contributed by atoms with Crippen LogP contribution in [0.25, 0.3) is 0 Å². The molecule has 0 atom stereocenters. The SMILES string of the molecule is CCCC(=O)C1(c2ccccc2C)CCN(c2ncnc(NC)c2N)CC1. The van der Waals surface area contributed by atoms with Crippen LogP contribution in [0, 0.1) is 6.92 Å². The van der Waals surface area contributed by atoms with Crippen LogP contribution in [-0.2, 0) is 10.2 Å². The molecule has 1 saturated heterocycles. The Labute approximate surface area is 161 Å². The van der Waals surface area contributed by atoms with Crippen molar-refractivity contribution in [3.8, 4) is 0 Å². The summed E-state index contributed by atoms with van der Waals surface area (Å²) < 4.78 is 0. The normalized spacial score (nSPS) is 16.2. The molecule has 6 nitrogen and oxygen atoms in total. The molecule has 1 aliphatic heterocycles. The van der Waals surface area contributed by atoms with E-state index in [2.05, 4.69) is 46.2 Å². The van der Waals surface area contributed by atoms with Gasteiger partial charge in [-0.3, -0.25) is 4.79 Å². The first-order valence-electron chi connectivity index (χ1n) is 9.66. The maximum Gasteiger partial charge on any atom is 0.157 e. The second-order valence-corrected chi connectivity index (χ2v) is 7.27. The molecule has 0 aliphatic carbocycles. The number of nitrogen functional groups attached to an aromatic ring is 1. The molecule has 3 N–H and O–H groups in total. The van der Waals surface area contributed by atoms with Crippen LogP contribution in [0.1, 0.15) is 43.7 Å². The highest BCUT2D eigenvalue weighted by atomic mass is 16.1. The van der Waals surface area contributed by atoms with Crippen molar-refractivity contribution in [3.05, 3.63) is 41.7 Å². The lowest BCUT2D eigenvalue weighted by molar-refractivity contribution is -0.125. The molecule has 2 aromatic rings. The summed E-state index contributed by atoms with van der Waals surface area (Å²) in [5.74, 6) is 1.74. The van der Waals surface area contributed by atoms with Gasteiger partial charge in [0, 0.05) is 26.6 Å². The minimum atomic E-state index is -0.411. The number of piperidine rings is 1. The summed E-state index contributed by atoms with van der Waals surface area (Å²) in [5.41, 5.74) is 8.75. The minimum Gasteiger partial charge on any atom is -0.393 e. The number of nitrogens with one attached hydrogen (secondary N) is 1. The van der Waals surface area contributed by atoms with E-state index in [0.29, 0.717) is 23.7 Å². The molecule has 1 aliphatic rings. The summed E-state index contributed by atoms with van der Waals surface area (Å²) in [6, 6.07) is 8.30. The van der Waals surface area contributed by atoms with Crippen molar-refractivity contribution < 1.29 is 4.79 Å². The van der Waals surface area contributed by atoms with Gasteiger partial charge in [0.05, 0.1) is 5.41 Å². The molecular formula is C21H29N5O. The van der Waals surface area contributed by atoms with Gasteiger partial charge in [0.15, 0.2) is 11.6 Å². The molecule has 6 heteroatoms. The molecule has 1 aromatic carbocycles. The van der Waals surface area contributed by atoms with Crippen LogP contribution in [0.4, 0.5) is 17.3 Å². The number of aromatic nitrogens is 2. The number of hydrogen-bond acceptors (Lipinski definition) is 6. The number of Topliss-reactive ketones (excluding diaryl/α,β-unsaturated/α-hetero) is 1. The van der Waals surface area contributed by atoms with Crippen molar-refractivity contribution >= 4 is 23.1 Å². The second kappa shape index (κ2) is 7.94. The number of carbonyl (C=O) groups is 1. The average Bonchev–Trinajstić information content (AvgIpc) is 2.69. The fourth-order valence-corrected chi connectivity index (χ4v) is 4.21. The zero-order valence-electron chi connectivity index (χ0n) is 16.5. The van der Waals surface area contributed by atoms with Gasteiger partial charge in [-0.2, -0.15) is 0 Å². The first kappa shape index (κ1) is 19.1. The molecule has 144 valence electrons. The summed E-state index contributed by atoms with van der Waals surface area (Å²) in [4.78, 5) is 23.9. The minimum absolute atomic E-state index is 0.352. The smallest absolute Gasteiger partial charge is 0.157 e. The van der Waals surface area contributed by atoms with Gasteiger partial charge in [-0.25, -0.2) is 9.97 Å². The molecule has 0 unspecified atom stereocenters. The van der Waals surface area contributed by atoms with Crippen LogP contribution in [0.5, 0.6) is 0 Å². The van der Waals surface area contributed by atoms with Gasteiger partial charge in [-0.05, 0) is 37.3 Å². The third-order valence-corrected chi connectivity index (χ3v) is 5.69. The van der Waals surface area contributed by atoms with E-state index in [9.17, 15) is 4.79 Å². The number of nitrogens with two attached hydrogens (primary N) is 1. The van der Waals surface area contributed by atoms with Crippen molar-refractivity contribution in [2.45, 2.75) is 44.9 Å².